The van der Waals surface area contributed by atoms with Gasteiger partial charge in [-0.05, 0) is 103 Å². The molecule has 1 saturated carbocycles. The number of fused-ring (bicyclic) bond motifs is 1. The van der Waals surface area contributed by atoms with Gasteiger partial charge in [-0.2, -0.15) is 0 Å². The summed E-state index contributed by atoms with van der Waals surface area (Å²) < 4.78 is 39.8. The van der Waals surface area contributed by atoms with Crippen molar-refractivity contribution in [3.63, 3.8) is 0 Å². The third kappa shape index (κ3) is 22.3. The van der Waals surface area contributed by atoms with Gasteiger partial charge in [-0.3, -0.25) is 14.4 Å². The molecule has 0 aliphatic heterocycles. The van der Waals surface area contributed by atoms with Crippen LogP contribution in [0.1, 0.15) is 88.7 Å². The first kappa shape index (κ1) is 62.8. The van der Waals surface area contributed by atoms with E-state index < -0.39 is 29.4 Å². The molecular formula is C62H82N4O11S. The Morgan fingerprint density at radius 2 is 1.42 bits per heavy atom. The number of nitrogens with zero attached hydrogens (tertiary/aromatic N) is 1. The number of benzene rings is 2. The van der Waals surface area contributed by atoms with Crippen molar-refractivity contribution in [1.82, 2.24) is 15.6 Å². The van der Waals surface area contributed by atoms with Crippen LogP contribution in [0.15, 0.2) is 132 Å². The Balaban J connectivity index is 0.865. The number of anilines is 1. The molecule has 0 spiro atoms. The molecule has 1 aromatic heterocycles. The smallest absolute Gasteiger partial charge is 0.246 e. The molecular weight excluding hydrogens is 1010 g/mol. The van der Waals surface area contributed by atoms with Gasteiger partial charge in [-0.25, -0.2) is 4.98 Å². The zero-order valence-corrected chi connectivity index (χ0v) is 47.4. The minimum atomic E-state index is -0.847. The van der Waals surface area contributed by atoms with Crippen molar-refractivity contribution in [1.29, 1.82) is 0 Å². The first-order chi connectivity index (χ1) is 37.5. The Morgan fingerprint density at radius 3 is 2.01 bits per heavy atom. The van der Waals surface area contributed by atoms with Gasteiger partial charge in [0.1, 0.15) is 19.0 Å². The van der Waals surface area contributed by atoms with Crippen LogP contribution in [0, 0.1) is 18.3 Å². The van der Waals surface area contributed by atoms with Crippen molar-refractivity contribution in [2.45, 2.75) is 85.4 Å². The molecule has 0 unspecified atom stereocenters. The highest BCUT2D eigenvalue weighted by atomic mass is 32.1. The molecule has 3 aromatic rings. The number of rotatable bonds is 34. The summed E-state index contributed by atoms with van der Waals surface area (Å²) in [4.78, 5) is 45.5. The Labute approximate surface area is 466 Å². The van der Waals surface area contributed by atoms with Crippen molar-refractivity contribution in [2.75, 3.05) is 91.2 Å². The average molecular weight is 1090 g/mol. The number of aliphatic hydroxyl groups is 1. The summed E-state index contributed by atoms with van der Waals surface area (Å²) in [7, 11) is 0. The minimum absolute atomic E-state index is 0.178. The Hall–Kier alpha value is -6.08. The lowest BCUT2D eigenvalue weighted by molar-refractivity contribution is -0.131. The van der Waals surface area contributed by atoms with E-state index in [-0.39, 0.29) is 44.0 Å². The van der Waals surface area contributed by atoms with E-state index in [2.05, 4.69) is 71.0 Å². The number of ketones is 1. The molecule has 2 amide bonds. The van der Waals surface area contributed by atoms with Crippen LogP contribution < -0.4 is 16.0 Å². The molecule has 1 heterocycles. The quantitative estimate of drug-likeness (QED) is 0.0146. The van der Waals surface area contributed by atoms with E-state index in [1.807, 2.05) is 102 Å². The van der Waals surface area contributed by atoms with Crippen LogP contribution in [0.3, 0.4) is 0 Å². The van der Waals surface area contributed by atoms with E-state index in [0.717, 1.165) is 49.7 Å². The maximum Gasteiger partial charge on any atom is 0.246 e. The summed E-state index contributed by atoms with van der Waals surface area (Å²) in [5.41, 5.74) is 10.6. The van der Waals surface area contributed by atoms with Crippen molar-refractivity contribution < 1.29 is 52.6 Å². The van der Waals surface area contributed by atoms with Gasteiger partial charge >= 0.3 is 0 Å². The predicted molar refractivity (Wildman–Crippen MR) is 311 cm³/mol. The number of thiazole rings is 1. The number of amides is 2. The van der Waals surface area contributed by atoms with E-state index in [1.54, 1.807) is 11.3 Å². The fraction of sp³-hybridized carbons (Fsp3) is 0.452. The molecule has 1 fully saturated rings. The molecule has 0 saturated heterocycles. The topological polar surface area (TPSA) is 185 Å². The molecule has 15 nitrogen and oxygen atoms in total. The molecule has 16 heteroatoms. The number of hydrogen-bond donors (Lipinski definition) is 4. The second-order valence-corrected chi connectivity index (χ2v) is 21.2. The van der Waals surface area contributed by atoms with Gasteiger partial charge in [0.05, 0.1) is 107 Å². The number of allylic oxidation sites excluding steroid dienone is 7. The zero-order chi connectivity index (χ0) is 56.3. The van der Waals surface area contributed by atoms with Crippen molar-refractivity contribution in [3.05, 3.63) is 155 Å². The minimum Gasteiger partial charge on any atom is -0.491 e. The third-order valence-corrected chi connectivity index (χ3v) is 13.7. The molecule has 4 atom stereocenters. The van der Waals surface area contributed by atoms with Crippen LogP contribution in [-0.2, 0) is 47.5 Å². The fourth-order valence-corrected chi connectivity index (χ4v) is 9.33. The largest absolute Gasteiger partial charge is 0.491 e. The van der Waals surface area contributed by atoms with Crippen LogP contribution in [0.25, 0.3) is 22.6 Å². The van der Waals surface area contributed by atoms with E-state index in [0.29, 0.717) is 102 Å². The van der Waals surface area contributed by atoms with Crippen LogP contribution >= 0.6 is 11.3 Å². The first-order valence-corrected chi connectivity index (χ1v) is 27.6. The molecule has 2 aliphatic carbocycles. The molecule has 2 aromatic carbocycles. The van der Waals surface area contributed by atoms with Crippen LogP contribution in [0.2, 0.25) is 0 Å². The van der Waals surface area contributed by atoms with E-state index in [1.165, 1.54) is 6.08 Å². The number of carbonyl (C=O) groups excluding carboxylic acids is 3. The maximum absolute atomic E-state index is 13.7. The van der Waals surface area contributed by atoms with Gasteiger partial charge < -0.3 is 54.2 Å². The van der Waals surface area contributed by atoms with Crippen molar-refractivity contribution >= 4 is 46.8 Å². The molecule has 5 rings (SSSR count). The monoisotopic (exact) mass is 1090 g/mol. The third-order valence-electron chi connectivity index (χ3n) is 12.7. The Bertz CT molecular complexity index is 2610. The summed E-state index contributed by atoms with van der Waals surface area (Å²) >= 11 is 1.59. The van der Waals surface area contributed by atoms with Gasteiger partial charge in [-0.15, -0.1) is 17.9 Å². The molecule has 4 N–H and O–H groups in total. The molecule has 0 bridgehead atoms. The van der Waals surface area contributed by atoms with Gasteiger partial charge in [0.25, 0.3) is 0 Å². The summed E-state index contributed by atoms with van der Waals surface area (Å²) in [5, 5.41) is 20.1. The number of hydrogen-bond acceptors (Lipinski definition) is 14. The predicted octanol–water partition coefficient (Wildman–Crippen LogP) is 10.2. The lowest BCUT2D eigenvalue weighted by Gasteiger charge is -2.31. The Morgan fingerprint density at radius 1 is 0.821 bits per heavy atom. The number of carbonyl (C=O) groups is 3. The van der Waals surface area contributed by atoms with Gasteiger partial charge in [0.2, 0.25) is 11.8 Å². The molecule has 0 radical (unpaired) electrons. The summed E-state index contributed by atoms with van der Waals surface area (Å²) in [5.74, 6) is -0.722. The van der Waals surface area contributed by atoms with E-state index in [4.69, 9.17) is 33.2 Å². The summed E-state index contributed by atoms with van der Waals surface area (Å²) in [6.45, 7) is 27.7. The number of nitrogens with one attached hydrogen (secondary N) is 3. The van der Waals surface area contributed by atoms with Crippen LogP contribution in [0.4, 0.5) is 5.69 Å². The summed E-state index contributed by atoms with van der Waals surface area (Å²) in [6.07, 6.45) is 16.2. The normalized spacial score (nSPS) is 17.0. The Kier molecular flexibility index (Phi) is 26.9. The van der Waals surface area contributed by atoms with Gasteiger partial charge in [0.15, 0.2) is 5.78 Å². The molecule has 78 heavy (non-hydrogen) atoms. The van der Waals surface area contributed by atoms with Gasteiger partial charge in [-0.1, -0.05) is 106 Å². The number of aliphatic hydroxyl groups excluding tert-OH is 1. The van der Waals surface area contributed by atoms with Crippen molar-refractivity contribution in [3.8, 4) is 10.4 Å². The number of ether oxygens (including phenoxy) is 7. The second kappa shape index (κ2) is 33.4. The lowest BCUT2D eigenvalue weighted by atomic mass is 9.80. The van der Waals surface area contributed by atoms with E-state index in [9.17, 15) is 19.5 Å². The van der Waals surface area contributed by atoms with E-state index >= 15 is 0 Å². The van der Waals surface area contributed by atoms with Crippen molar-refractivity contribution in [2.24, 2.45) is 11.3 Å². The number of aromatic nitrogens is 1. The average Bonchev–Trinajstić information content (AvgIpc) is 3.76. The highest BCUT2D eigenvalue weighted by molar-refractivity contribution is 7.13. The van der Waals surface area contributed by atoms with Crippen LogP contribution in [-0.4, -0.2) is 126 Å². The summed E-state index contributed by atoms with van der Waals surface area (Å²) in [6, 6.07) is 13.1. The molecule has 422 valence electrons. The second-order valence-electron chi connectivity index (χ2n) is 20.3. The maximum atomic E-state index is 13.7. The highest BCUT2D eigenvalue weighted by Gasteiger charge is 2.34. The molecule has 2 aliphatic rings. The van der Waals surface area contributed by atoms with Gasteiger partial charge in [0, 0.05) is 23.4 Å². The number of aryl methyl sites for hydroxylation is 1. The highest BCUT2D eigenvalue weighted by Crippen LogP contribution is 2.32. The van der Waals surface area contributed by atoms with Crippen LogP contribution in [0.5, 0.6) is 0 Å². The fourth-order valence-electron chi connectivity index (χ4n) is 8.52. The SMILES string of the molecule is C=CC/C=C(C)\C(=C/C(=C)Nc1ccc2c(c1)C=CC(=C)C=C2)OCCOCCOCCOCCOCCOCCOCC(=O)N[C@H](C(=O)C=C1C[C@H](O)C[C@@H](C(=O)N[C@@H](C)c2ccc(-c3scnc3C)cc2)C1)C(C)(C)C. The standard InChI is InChI=1S/C62H82N4O11S/c1-10-11-12-44(3)57(35-45(4)64-54-22-21-50-15-13-43(2)14-16-52(50)39-54)77-34-33-75-30-29-73-26-25-71-23-24-72-27-28-74-31-32-76-41-58(69)66-60(62(7,8)9)56(68)38-48-36-53(40-55(67)37-48)61(70)65-46(5)49-17-19-51(20-18-49)59-47(6)63-42-78-59/h10,12-22,35,38-39,42,46,53,55,60,64,67H,1-2,4,11,23-34,36-37,40-41H2,3,5-9H3,(H,65,70)(H,66,69)/b44-12-,48-38?,57-35+/t46-,53-,55-,60+/m0/s1. The lowest BCUT2D eigenvalue weighted by Crippen LogP contribution is -2.49. The first-order valence-electron chi connectivity index (χ1n) is 26.8. The zero-order valence-electron chi connectivity index (χ0n) is 46.6.